The molecule has 4 heterocycles. The fourth-order valence-corrected chi connectivity index (χ4v) is 5.09. The third kappa shape index (κ3) is 8.38. The number of nitrogens with zero attached hydrogens (tertiary/aromatic N) is 6. The number of carbonyl (C=O) groups excluding carboxylic acids is 1. The predicted molar refractivity (Wildman–Crippen MR) is 144 cm³/mol. The fourth-order valence-electron chi connectivity index (χ4n) is 3.43. The lowest BCUT2D eigenvalue weighted by Gasteiger charge is -2.22. The fraction of sp³-hybridized carbons (Fsp3) is 0.333. The Labute approximate surface area is 230 Å². The molecule has 4 rings (SSSR count). The second kappa shape index (κ2) is 13.9. The number of nitrogens with one attached hydrogen (secondary N) is 2. The summed E-state index contributed by atoms with van der Waals surface area (Å²) in [6.07, 6.45) is -0.166. The molecular formula is C24H26F4N8OS2. The standard InChI is InChI=1S/C23H23F3N8OS2.CH3F/c1-14-20(37-15(2)31-14)18-12-36-22(32-18)33-19-4-3-16(9-28-19)5-7-34(8-6-27-13-35)21-29-10-17(11-30-21)23(24,25)26;1-2/h3-4,9-13H,5-8H2,1-2H3,(H,27,35)(H,28,32,33);1H3. The summed E-state index contributed by atoms with van der Waals surface area (Å²) in [7, 11) is 0.500. The molecule has 0 saturated carbocycles. The van der Waals surface area contributed by atoms with E-state index in [4.69, 9.17) is 0 Å². The van der Waals surface area contributed by atoms with E-state index in [1.807, 2.05) is 31.4 Å². The van der Waals surface area contributed by atoms with Gasteiger partial charge < -0.3 is 15.5 Å². The summed E-state index contributed by atoms with van der Waals surface area (Å²) in [5.41, 5.74) is 1.84. The SMILES string of the molecule is CF.Cc1nc(C)c(-c2csc(Nc3ccc(CCN(CCNC=O)c4ncc(C(F)(F)F)cn4)cn3)n2)s1. The molecule has 2 N–H and O–H groups in total. The number of rotatable bonds is 11. The summed E-state index contributed by atoms with van der Waals surface area (Å²) in [5.74, 6) is 0.790. The molecule has 0 bridgehead atoms. The maximum Gasteiger partial charge on any atom is 0.419 e. The van der Waals surface area contributed by atoms with Crippen LogP contribution in [0.1, 0.15) is 21.8 Å². The van der Waals surface area contributed by atoms with Gasteiger partial charge in [-0.3, -0.25) is 9.18 Å². The van der Waals surface area contributed by atoms with Gasteiger partial charge in [-0.05, 0) is 31.9 Å². The summed E-state index contributed by atoms with van der Waals surface area (Å²) in [6, 6.07) is 3.75. The Morgan fingerprint density at radius 3 is 2.36 bits per heavy atom. The van der Waals surface area contributed by atoms with Crippen molar-refractivity contribution >= 4 is 46.0 Å². The van der Waals surface area contributed by atoms with Crippen molar-refractivity contribution in [3.63, 3.8) is 0 Å². The second-order valence-corrected chi connectivity index (χ2v) is 10.0. The van der Waals surface area contributed by atoms with Gasteiger partial charge in [0.15, 0.2) is 5.13 Å². The number of anilines is 3. The summed E-state index contributed by atoms with van der Waals surface area (Å²) < 4.78 is 48.0. The molecule has 0 aliphatic heterocycles. The van der Waals surface area contributed by atoms with Crippen molar-refractivity contribution in [3.05, 3.63) is 57.9 Å². The van der Waals surface area contributed by atoms with Gasteiger partial charge in [-0.15, -0.1) is 22.7 Å². The topological polar surface area (TPSA) is 109 Å². The molecular weight excluding hydrogens is 556 g/mol. The lowest BCUT2D eigenvalue weighted by atomic mass is 10.2. The highest BCUT2D eigenvalue weighted by Crippen LogP contribution is 2.33. The van der Waals surface area contributed by atoms with Gasteiger partial charge in [0, 0.05) is 43.6 Å². The van der Waals surface area contributed by atoms with Gasteiger partial charge in [-0.1, -0.05) is 6.07 Å². The third-order valence-corrected chi connectivity index (χ3v) is 7.08. The molecule has 0 unspecified atom stereocenters. The van der Waals surface area contributed by atoms with Gasteiger partial charge >= 0.3 is 6.18 Å². The summed E-state index contributed by atoms with van der Waals surface area (Å²) in [6.45, 7) is 4.99. The van der Waals surface area contributed by atoms with Gasteiger partial charge in [-0.25, -0.2) is 24.9 Å². The van der Waals surface area contributed by atoms with Crippen LogP contribution >= 0.6 is 22.7 Å². The number of hydrogen-bond acceptors (Lipinski definition) is 10. The number of amides is 1. The Bertz CT molecular complexity index is 1330. The van der Waals surface area contributed by atoms with E-state index in [0.717, 1.165) is 39.2 Å². The molecule has 4 aromatic rings. The number of pyridine rings is 1. The van der Waals surface area contributed by atoms with Crippen LogP contribution in [-0.2, 0) is 17.4 Å². The summed E-state index contributed by atoms with van der Waals surface area (Å²) in [5, 5.41) is 9.44. The number of halogens is 4. The third-order valence-electron chi connectivity index (χ3n) is 5.23. The molecule has 0 spiro atoms. The highest BCUT2D eigenvalue weighted by atomic mass is 32.1. The smallest absolute Gasteiger partial charge is 0.357 e. The average Bonchev–Trinajstić information content (AvgIpc) is 3.52. The van der Waals surface area contributed by atoms with Crippen LogP contribution in [0.15, 0.2) is 36.1 Å². The van der Waals surface area contributed by atoms with Crippen molar-refractivity contribution in [1.29, 1.82) is 0 Å². The first-order valence-electron chi connectivity index (χ1n) is 11.5. The molecule has 4 aromatic heterocycles. The molecule has 9 nitrogen and oxygen atoms in total. The van der Waals surface area contributed by atoms with Crippen LogP contribution in [0.3, 0.4) is 0 Å². The molecule has 0 saturated heterocycles. The first-order chi connectivity index (χ1) is 18.7. The number of carbonyl (C=O) groups is 1. The second-order valence-electron chi connectivity index (χ2n) is 7.94. The van der Waals surface area contributed by atoms with Crippen molar-refractivity contribution < 1.29 is 22.4 Å². The summed E-state index contributed by atoms with van der Waals surface area (Å²) >= 11 is 3.09. The minimum atomic E-state index is -4.51. The lowest BCUT2D eigenvalue weighted by Crippen LogP contribution is -2.34. The predicted octanol–water partition coefficient (Wildman–Crippen LogP) is 5.21. The van der Waals surface area contributed by atoms with E-state index in [-0.39, 0.29) is 5.95 Å². The molecule has 0 aliphatic rings. The van der Waals surface area contributed by atoms with Gasteiger partial charge in [0.05, 0.1) is 34.0 Å². The first-order valence-corrected chi connectivity index (χ1v) is 13.2. The number of aromatic nitrogens is 5. The summed E-state index contributed by atoms with van der Waals surface area (Å²) in [4.78, 5) is 34.7. The average molecular weight is 583 g/mol. The molecule has 15 heteroatoms. The largest absolute Gasteiger partial charge is 0.419 e. The van der Waals surface area contributed by atoms with Crippen molar-refractivity contribution in [2.75, 3.05) is 37.0 Å². The Morgan fingerprint density at radius 1 is 1.03 bits per heavy atom. The van der Waals surface area contributed by atoms with Gasteiger partial charge in [0.2, 0.25) is 12.4 Å². The van der Waals surface area contributed by atoms with Crippen LogP contribution in [0.5, 0.6) is 0 Å². The number of thiazole rings is 2. The van der Waals surface area contributed by atoms with Crippen LogP contribution in [0.2, 0.25) is 0 Å². The zero-order valence-corrected chi connectivity index (χ0v) is 22.9. The van der Waals surface area contributed by atoms with Crippen LogP contribution < -0.4 is 15.5 Å². The Kier molecular flexibility index (Phi) is 10.6. The van der Waals surface area contributed by atoms with E-state index in [2.05, 4.69) is 35.6 Å². The molecule has 39 heavy (non-hydrogen) atoms. The molecule has 1 amide bonds. The van der Waals surface area contributed by atoms with E-state index >= 15 is 0 Å². The number of hydrogen-bond donors (Lipinski definition) is 2. The Morgan fingerprint density at radius 2 is 1.77 bits per heavy atom. The Balaban J connectivity index is 0.00000205. The first kappa shape index (κ1) is 29.8. The molecule has 0 fully saturated rings. The molecule has 0 aromatic carbocycles. The van der Waals surface area contributed by atoms with Crippen molar-refractivity contribution in [1.82, 2.24) is 30.2 Å². The zero-order chi connectivity index (χ0) is 28.4. The van der Waals surface area contributed by atoms with E-state index in [1.165, 1.54) is 11.3 Å². The molecule has 0 atom stereocenters. The van der Waals surface area contributed by atoms with E-state index in [1.54, 1.807) is 22.4 Å². The van der Waals surface area contributed by atoms with E-state index in [9.17, 15) is 22.4 Å². The minimum absolute atomic E-state index is 0.151. The van der Waals surface area contributed by atoms with Gasteiger partial charge in [-0.2, -0.15) is 13.2 Å². The van der Waals surface area contributed by atoms with E-state index < -0.39 is 11.7 Å². The number of aryl methyl sites for hydroxylation is 2. The highest BCUT2D eigenvalue weighted by molar-refractivity contribution is 7.16. The molecule has 208 valence electrons. The molecule has 0 aliphatic carbocycles. The monoisotopic (exact) mass is 582 g/mol. The molecule has 0 radical (unpaired) electrons. The van der Waals surface area contributed by atoms with Crippen molar-refractivity contribution in [3.8, 4) is 10.6 Å². The minimum Gasteiger partial charge on any atom is -0.357 e. The van der Waals surface area contributed by atoms with Crippen LogP contribution in [0.4, 0.5) is 34.5 Å². The Hall–Kier alpha value is -3.72. The number of alkyl halides is 4. The van der Waals surface area contributed by atoms with Gasteiger partial charge in [0.1, 0.15) is 5.82 Å². The van der Waals surface area contributed by atoms with Crippen LogP contribution in [-0.4, -0.2) is 58.1 Å². The van der Waals surface area contributed by atoms with Crippen LogP contribution in [0.25, 0.3) is 10.6 Å². The van der Waals surface area contributed by atoms with Gasteiger partial charge in [0.25, 0.3) is 0 Å². The normalized spacial score (nSPS) is 10.9. The maximum atomic E-state index is 12.8. The lowest BCUT2D eigenvalue weighted by molar-refractivity contribution is -0.138. The quantitative estimate of drug-likeness (QED) is 0.141. The zero-order valence-electron chi connectivity index (χ0n) is 21.3. The highest BCUT2D eigenvalue weighted by Gasteiger charge is 2.31. The van der Waals surface area contributed by atoms with Crippen molar-refractivity contribution in [2.24, 2.45) is 0 Å². The van der Waals surface area contributed by atoms with Crippen molar-refractivity contribution in [2.45, 2.75) is 26.4 Å². The van der Waals surface area contributed by atoms with Crippen LogP contribution in [0, 0.1) is 13.8 Å². The maximum absolute atomic E-state index is 12.8. The van der Waals surface area contributed by atoms with E-state index in [0.29, 0.717) is 50.6 Å².